The zero-order valence-electron chi connectivity index (χ0n) is 9.17. The summed E-state index contributed by atoms with van der Waals surface area (Å²) >= 11 is 0. The molecular formula is C10H26N4. The van der Waals surface area contributed by atoms with Gasteiger partial charge in [0.15, 0.2) is 0 Å². The summed E-state index contributed by atoms with van der Waals surface area (Å²) in [5.74, 6) is 0. The second-order valence-electron chi connectivity index (χ2n) is 4.04. The minimum atomic E-state index is -0.141. The fourth-order valence-corrected chi connectivity index (χ4v) is 1.75. The van der Waals surface area contributed by atoms with E-state index in [-0.39, 0.29) is 5.54 Å². The van der Waals surface area contributed by atoms with E-state index < -0.39 is 0 Å². The molecule has 14 heavy (non-hydrogen) atoms. The zero-order valence-corrected chi connectivity index (χ0v) is 9.17. The predicted molar refractivity (Wildman–Crippen MR) is 61.8 cm³/mol. The number of unbranched alkanes of at least 4 members (excludes halogenated alkanes) is 2. The molecule has 0 aliphatic heterocycles. The molecule has 0 bridgehead atoms. The highest BCUT2D eigenvalue weighted by atomic mass is 14.8. The van der Waals surface area contributed by atoms with E-state index in [1.165, 1.54) is 0 Å². The average Bonchev–Trinajstić information content (AvgIpc) is 2.13. The van der Waals surface area contributed by atoms with Crippen molar-refractivity contribution < 1.29 is 0 Å². The van der Waals surface area contributed by atoms with E-state index in [1.54, 1.807) is 0 Å². The van der Waals surface area contributed by atoms with Crippen LogP contribution in [0.2, 0.25) is 0 Å². The molecule has 0 saturated carbocycles. The molecule has 0 aromatic carbocycles. The summed E-state index contributed by atoms with van der Waals surface area (Å²) in [6.07, 6.45) is 6.13. The van der Waals surface area contributed by atoms with Crippen LogP contribution < -0.4 is 22.9 Å². The van der Waals surface area contributed by atoms with E-state index in [0.29, 0.717) is 13.1 Å². The summed E-state index contributed by atoms with van der Waals surface area (Å²) in [4.78, 5) is 0. The first kappa shape index (κ1) is 13.8. The quantitative estimate of drug-likeness (QED) is 0.392. The van der Waals surface area contributed by atoms with Gasteiger partial charge in [0, 0.05) is 5.54 Å². The van der Waals surface area contributed by atoms with Gasteiger partial charge in [-0.1, -0.05) is 12.8 Å². The first-order chi connectivity index (χ1) is 6.68. The highest BCUT2D eigenvalue weighted by Crippen LogP contribution is 2.19. The lowest BCUT2D eigenvalue weighted by atomic mass is 9.86. The molecule has 0 aliphatic carbocycles. The normalized spacial score (nSPS) is 12.0. The first-order valence-electron chi connectivity index (χ1n) is 5.57. The Hall–Kier alpha value is -0.160. The molecule has 0 unspecified atom stereocenters. The molecule has 0 radical (unpaired) electrons. The van der Waals surface area contributed by atoms with Crippen LogP contribution in [0.25, 0.3) is 0 Å². The Labute approximate surface area is 87.4 Å². The van der Waals surface area contributed by atoms with Crippen LogP contribution >= 0.6 is 0 Å². The van der Waals surface area contributed by atoms with E-state index in [9.17, 15) is 0 Å². The van der Waals surface area contributed by atoms with Gasteiger partial charge >= 0.3 is 0 Å². The minimum absolute atomic E-state index is 0.141. The second-order valence-corrected chi connectivity index (χ2v) is 4.04. The minimum Gasteiger partial charge on any atom is -0.330 e. The van der Waals surface area contributed by atoms with E-state index in [4.69, 9.17) is 22.9 Å². The van der Waals surface area contributed by atoms with Gasteiger partial charge in [-0.05, 0) is 45.3 Å². The maximum Gasteiger partial charge on any atom is 0.0178 e. The lowest BCUT2D eigenvalue weighted by Gasteiger charge is -2.28. The Bertz CT molecular complexity index is 121. The summed E-state index contributed by atoms with van der Waals surface area (Å²) in [6.45, 7) is 2.06. The predicted octanol–water partition coefficient (Wildman–Crippen LogP) is -0.0994. The SMILES string of the molecule is NCCCCCC(N)(CCN)CCN. The van der Waals surface area contributed by atoms with Crippen molar-refractivity contribution in [1.29, 1.82) is 0 Å². The first-order valence-corrected chi connectivity index (χ1v) is 5.57. The van der Waals surface area contributed by atoms with Crippen molar-refractivity contribution in [2.75, 3.05) is 19.6 Å². The van der Waals surface area contributed by atoms with Crippen LogP contribution in [-0.2, 0) is 0 Å². The molecule has 0 fully saturated rings. The van der Waals surface area contributed by atoms with Crippen molar-refractivity contribution in [2.45, 2.75) is 44.1 Å². The van der Waals surface area contributed by atoms with Gasteiger partial charge in [0.05, 0.1) is 0 Å². The van der Waals surface area contributed by atoms with Crippen LogP contribution in [0.3, 0.4) is 0 Å². The number of hydrogen-bond donors (Lipinski definition) is 4. The molecule has 0 aromatic rings. The lowest BCUT2D eigenvalue weighted by molar-refractivity contribution is 0.336. The second kappa shape index (κ2) is 8.17. The van der Waals surface area contributed by atoms with E-state index in [2.05, 4.69) is 0 Å². The Morgan fingerprint density at radius 2 is 1.21 bits per heavy atom. The van der Waals surface area contributed by atoms with Gasteiger partial charge in [-0.3, -0.25) is 0 Å². The van der Waals surface area contributed by atoms with E-state index >= 15 is 0 Å². The molecule has 0 atom stereocenters. The molecule has 0 aliphatic rings. The summed E-state index contributed by atoms with van der Waals surface area (Å²) in [7, 11) is 0. The largest absolute Gasteiger partial charge is 0.330 e. The van der Waals surface area contributed by atoms with Gasteiger partial charge in [-0.25, -0.2) is 0 Å². The highest BCUT2D eigenvalue weighted by molar-refractivity contribution is 4.84. The molecule has 0 rings (SSSR count). The summed E-state index contributed by atoms with van der Waals surface area (Å²) < 4.78 is 0. The van der Waals surface area contributed by atoms with Gasteiger partial charge < -0.3 is 22.9 Å². The Morgan fingerprint density at radius 3 is 1.64 bits per heavy atom. The fourth-order valence-electron chi connectivity index (χ4n) is 1.75. The molecule has 0 spiro atoms. The maximum absolute atomic E-state index is 6.21. The molecule has 0 aromatic heterocycles. The molecule has 4 nitrogen and oxygen atoms in total. The van der Waals surface area contributed by atoms with Crippen LogP contribution in [0.15, 0.2) is 0 Å². The van der Waals surface area contributed by atoms with Crippen molar-refractivity contribution in [3.63, 3.8) is 0 Å². The molecule has 0 saturated heterocycles. The van der Waals surface area contributed by atoms with Gasteiger partial charge in [-0.2, -0.15) is 0 Å². The van der Waals surface area contributed by atoms with Crippen LogP contribution in [0.1, 0.15) is 38.5 Å². The van der Waals surface area contributed by atoms with Crippen molar-refractivity contribution in [2.24, 2.45) is 22.9 Å². The summed E-state index contributed by atoms with van der Waals surface area (Å²) in [5, 5.41) is 0. The Kier molecular flexibility index (Phi) is 8.08. The number of rotatable bonds is 9. The van der Waals surface area contributed by atoms with Crippen LogP contribution in [0.4, 0.5) is 0 Å². The smallest absolute Gasteiger partial charge is 0.0178 e. The van der Waals surface area contributed by atoms with Crippen molar-refractivity contribution in [3.05, 3.63) is 0 Å². The molecule has 0 amide bonds. The van der Waals surface area contributed by atoms with E-state index in [0.717, 1.165) is 45.1 Å². The van der Waals surface area contributed by atoms with E-state index in [1.807, 2.05) is 0 Å². The fraction of sp³-hybridized carbons (Fsp3) is 1.00. The molecule has 0 heterocycles. The van der Waals surface area contributed by atoms with Gasteiger partial charge in [-0.15, -0.1) is 0 Å². The number of nitrogens with two attached hydrogens (primary N) is 4. The third kappa shape index (κ3) is 6.32. The lowest BCUT2D eigenvalue weighted by Crippen LogP contribution is -2.43. The maximum atomic E-state index is 6.21. The third-order valence-corrected chi connectivity index (χ3v) is 2.66. The van der Waals surface area contributed by atoms with Crippen LogP contribution in [0, 0.1) is 0 Å². The van der Waals surface area contributed by atoms with Gasteiger partial charge in [0.2, 0.25) is 0 Å². The Morgan fingerprint density at radius 1 is 0.643 bits per heavy atom. The standard InChI is InChI=1S/C10H26N4/c11-7-3-1-2-4-10(14,5-8-12)6-9-13/h1-9,11-14H2. The average molecular weight is 202 g/mol. The van der Waals surface area contributed by atoms with Crippen molar-refractivity contribution in [1.82, 2.24) is 0 Å². The molecule has 8 N–H and O–H groups in total. The highest BCUT2D eigenvalue weighted by Gasteiger charge is 2.22. The molecular weight excluding hydrogens is 176 g/mol. The third-order valence-electron chi connectivity index (χ3n) is 2.66. The summed E-state index contributed by atoms with van der Waals surface area (Å²) in [6, 6.07) is 0. The summed E-state index contributed by atoms with van der Waals surface area (Å²) in [5.41, 5.74) is 22.6. The Balaban J connectivity index is 3.71. The van der Waals surface area contributed by atoms with Crippen LogP contribution in [-0.4, -0.2) is 25.2 Å². The molecule has 86 valence electrons. The monoisotopic (exact) mass is 202 g/mol. The van der Waals surface area contributed by atoms with Crippen molar-refractivity contribution >= 4 is 0 Å². The zero-order chi connectivity index (χ0) is 10.9. The van der Waals surface area contributed by atoms with Crippen LogP contribution in [0.5, 0.6) is 0 Å². The van der Waals surface area contributed by atoms with Crippen molar-refractivity contribution in [3.8, 4) is 0 Å². The van der Waals surface area contributed by atoms with Gasteiger partial charge in [0.25, 0.3) is 0 Å². The van der Waals surface area contributed by atoms with Gasteiger partial charge in [0.1, 0.15) is 0 Å². The molecule has 4 heteroatoms. The number of hydrogen-bond acceptors (Lipinski definition) is 4. The topological polar surface area (TPSA) is 104 Å².